The Kier molecular flexibility index (Phi) is 6.74. The van der Waals surface area contributed by atoms with Gasteiger partial charge in [0.25, 0.3) is 0 Å². The number of rotatable bonds is 4. The standard InChI is InChI=1S/C20H34N6O/c1-16-5-4-10-24(13-16)19(27)6-8-23-20(21-3)25-11-7-17(2)18(14-25)26-12-9-22-15-26/h9,12,15-18H,4-8,10-11,13-14H2,1-3H3,(H,21,23). The molecule has 1 N–H and O–H groups in total. The average Bonchev–Trinajstić information content (AvgIpc) is 3.20. The normalized spacial score (nSPS) is 26.9. The Morgan fingerprint density at radius 1 is 1.22 bits per heavy atom. The average molecular weight is 375 g/mol. The predicted octanol–water partition coefficient (Wildman–Crippen LogP) is 1.99. The fourth-order valence-electron chi connectivity index (χ4n) is 4.28. The number of piperidine rings is 2. The van der Waals surface area contributed by atoms with Crippen LogP contribution in [-0.4, -0.2) is 71.0 Å². The molecule has 1 aromatic heterocycles. The van der Waals surface area contributed by atoms with Crippen LogP contribution in [-0.2, 0) is 4.79 Å². The minimum Gasteiger partial charge on any atom is -0.356 e. The monoisotopic (exact) mass is 374 g/mol. The van der Waals surface area contributed by atoms with E-state index in [4.69, 9.17) is 0 Å². The Bertz CT molecular complexity index is 628. The molecule has 0 saturated carbocycles. The second-order valence-electron chi connectivity index (χ2n) is 8.10. The number of hydrogen-bond donors (Lipinski definition) is 1. The zero-order chi connectivity index (χ0) is 19.2. The predicted molar refractivity (Wildman–Crippen MR) is 108 cm³/mol. The summed E-state index contributed by atoms with van der Waals surface area (Å²) in [5, 5.41) is 3.40. The molecule has 7 nitrogen and oxygen atoms in total. The van der Waals surface area contributed by atoms with Crippen molar-refractivity contribution in [2.45, 2.75) is 45.6 Å². The third kappa shape index (κ3) is 5.02. The van der Waals surface area contributed by atoms with E-state index in [0.717, 1.165) is 45.0 Å². The fraction of sp³-hybridized carbons (Fsp3) is 0.750. The van der Waals surface area contributed by atoms with E-state index in [1.807, 2.05) is 30.7 Å². The molecular weight excluding hydrogens is 340 g/mol. The summed E-state index contributed by atoms with van der Waals surface area (Å²) in [6, 6.07) is 0.399. The number of nitrogens with one attached hydrogen (secondary N) is 1. The number of likely N-dealkylation sites (tertiary alicyclic amines) is 2. The van der Waals surface area contributed by atoms with E-state index in [0.29, 0.717) is 30.8 Å². The smallest absolute Gasteiger partial charge is 0.224 e. The van der Waals surface area contributed by atoms with Crippen molar-refractivity contribution in [3.63, 3.8) is 0 Å². The number of aromatic nitrogens is 2. The molecule has 0 bridgehead atoms. The van der Waals surface area contributed by atoms with Crippen molar-refractivity contribution in [1.29, 1.82) is 0 Å². The molecule has 0 spiro atoms. The van der Waals surface area contributed by atoms with Gasteiger partial charge in [-0.1, -0.05) is 13.8 Å². The number of hydrogen-bond acceptors (Lipinski definition) is 3. The maximum absolute atomic E-state index is 12.5. The molecule has 150 valence electrons. The van der Waals surface area contributed by atoms with E-state index >= 15 is 0 Å². The van der Waals surface area contributed by atoms with Crippen LogP contribution in [0.5, 0.6) is 0 Å². The third-order valence-electron chi connectivity index (χ3n) is 5.97. The molecule has 7 heteroatoms. The minimum atomic E-state index is 0.257. The Morgan fingerprint density at radius 2 is 2.07 bits per heavy atom. The Hall–Kier alpha value is -2.05. The van der Waals surface area contributed by atoms with Gasteiger partial charge in [-0.25, -0.2) is 4.98 Å². The van der Waals surface area contributed by atoms with Crippen molar-refractivity contribution in [3.05, 3.63) is 18.7 Å². The Balaban J connectivity index is 1.49. The number of imidazole rings is 1. The molecule has 3 unspecified atom stereocenters. The molecule has 2 aliphatic heterocycles. The number of aliphatic imine (C=N–C) groups is 1. The van der Waals surface area contributed by atoms with Gasteiger partial charge in [-0.05, 0) is 31.1 Å². The lowest BCUT2D eigenvalue weighted by molar-refractivity contribution is -0.132. The van der Waals surface area contributed by atoms with Crippen LogP contribution >= 0.6 is 0 Å². The van der Waals surface area contributed by atoms with Crippen LogP contribution in [0.25, 0.3) is 0 Å². The lowest BCUT2D eigenvalue weighted by Crippen LogP contribution is -2.49. The highest BCUT2D eigenvalue weighted by Crippen LogP contribution is 2.27. The molecule has 2 aliphatic rings. The highest BCUT2D eigenvalue weighted by atomic mass is 16.2. The van der Waals surface area contributed by atoms with Crippen LogP contribution in [0.1, 0.15) is 45.6 Å². The first-order chi connectivity index (χ1) is 13.1. The molecule has 0 aromatic carbocycles. The van der Waals surface area contributed by atoms with Crippen LogP contribution in [0.4, 0.5) is 0 Å². The molecule has 2 saturated heterocycles. The Labute approximate surface area is 162 Å². The van der Waals surface area contributed by atoms with E-state index in [9.17, 15) is 4.79 Å². The zero-order valence-electron chi connectivity index (χ0n) is 17.0. The van der Waals surface area contributed by atoms with Gasteiger partial charge in [0.1, 0.15) is 0 Å². The SMILES string of the molecule is CN=C(NCCC(=O)N1CCCC(C)C1)N1CCC(C)C(n2ccnc2)C1. The van der Waals surface area contributed by atoms with Crippen LogP contribution in [0.2, 0.25) is 0 Å². The maximum atomic E-state index is 12.5. The summed E-state index contributed by atoms with van der Waals surface area (Å²) in [5.41, 5.74) is 0. The van der Waals surface area contributed by atoms with Gasteiger partial charge in [0.2, 0.25) is 5.91 Å². The van der Waals surface area contributed by atoms with Crippen molar-refractivity contribution in [2.24, 2.45) is 16.8 Å². The zero-order valence-corrected chi connectivity index (χ0v) is 17.0. The summed E-state index contributed by atoms with van der Waals surface area (Å²) in [5.74, 6) is 2.38. The van der Waals surface area contributed by atoms with E-state index in [2.05, 4.69) is 38.6 Å². The molecule has 27 heavy (non-hydrogen) atoms. The van der Waals surface area contributed by atoms with Crippen molar-refractivity contribution in [3.8, 4) is 0 Å². The summed E-state index contributed by atoms with van der Waals surface area (Å²) in [6.45, 7) is 8.89. The number of carbonyl (C=O) groups excluding carboxylic acids is 1. The largest absolute Gasteiger partial charge is 0.356 e. The molecule has 0 aliphatic carbocycles. The van der Waals surface area contributed by atoms with E-state index in [1.165, 1.54) is 6.42 Å². The number of nitrogens with zero attached hydrogens (tertiary/aromatic N) is 5. The first kappa shape index (κ1) is 19.7. The molecule has 1 aromatic rings. The quantitative estimate of drug-likeness (QED) is 0.647. The van der Waals surface area contributed by atoms with Gasteiger partial charge in [0.05, 0.1) is 12.4 Å². The first-order valence-corrected chi connectivity index (χ1v) is 10.3. The topological polar surface area (TPSA) is 65.8 Å². The summed E-state index contributed by atoms with van der Waals surface area (Å²) >= 11 is 0. The van der Waals surface area contributed by atoms with Gasteiger partial charge in [0.15, 0.2) is 5.96 Å². The van der Waals surface area contributed by atoms with E-state index < -0.39 is 0 Å². The van der Waals surface area contributed by atoms with Gasteiger partial charge in [0, 0.05) is 58.6 Å². The molecular formula is C20H34N6O. The molecule has 1 amide bonds. The number of carbonyl (C=O) groups is 1. The molecule has 3 heterocycles. The van der Waals surface area contributed by atoms with Crippen LogP contribution in [0, 0.1) is 11.8 Å². The fourth-order valence-corrected chi connectivity index (χ4v) is 4.28. The van der Waals surface area contributed by atoms with Gasteiger partial charge < -0.3 is 19.7 Å². The van der Waals surface area contributed by atoms with Gasteiger partial charge in [-0.3, -0.25) is 9.79 Å². The lowest BCUT2D eigenvalue weighted by Gasteiger charge is -2.39. The van der Waals surface area contributed by atoms with Crippen molar-refractivity contribution in [2.75, 3.05) is 39.8 Å². The van der Waals surface area contributed by atoms with Crippen LogP contribution < -0.4 is 5.32 Å². The second kappa shape index (κ2) is 9.24. The van der Waals surface area contributed by atoms with Gasteiger partial charge in [-0.2, -0.15) is 0 Å². The van der Waals surface area contributed by atoms with Crippen molar-refractivity contribution in [1.82, 2.24) is 24.7 Å². The molecule has 2 fully saturated rings. The van der Waals surface area contributed by atoms with Crippen molar-refractivity contribution < 1.29 is 4.79 Å². The van der Waals surface area contributed by atoms with E-state index in [-0.39, 0.29) is 5.91 Å². The summed E-state index contributed by atoms with van der Waals surface area (Å²) in [7, 11) is 1.82. The second-order valence-corrected chi connectivity index (χ2v) is 8.10. The summed E-state index contributed by atoms with van der Waals surface area (Å²) < 4.78 is 2.20. The first-order valence-electron chi connectivity index (χ1n) is 10.3. The lowest BCUT2D eigenvalue weighted by atomic mass is 9.93. The Morgan fingerprint density at radius 3 is 2.78 bits per heavy atom. The van der Waals surface area contributed by atoms with Crippen LogP contribution in [0.3, 0.4) is 0 Å². The molecule has 3 rings (SSSR count). The molecule has 3 atom stereocenters. The maximum Gasteiger partial charge on any atom is 0.224 e. The minimum absolute atomic E-state index is 0.257. The number of amides is 1. The van der Waals surface area contributed by atoms with Gasteiger partial charge in [-0.15, -0.1) is 0 Å². The van der Waals surface area contributed by atoms with Crippen molar-refractivity contribution >= 4 is 11.9 Å². The highest BCUT2D eigenvalue weighted by molar-refractivity contribution is 5.81. The van der Waals surface area contributed by atoms with E-state index in [1.54, 1.807) is 0 Å². The summed E-state index contributed by atoms with van der Waals surface area (Å²) in [6.07, 6.45) is 9.79. The summed E-state index contributed by atoms with van der Waals surface area (Å²) in [4.78, 5) is 25.4. The number of guanidine groups is 1. The van der Waals surface area contributed by atoms with Crippen LogP contribution in [0.15, 0.2) is 23.7 Å². The highest BCUT2D eigenvalue weighted by Gasteiger charge is 2.29. The third-order valence-corrected chi connectivity index (χ3v) is 5.97. The van der Waals surface area contributed by atoms with Gasteiger partial charge >= 0.3 is 0 Å². The molecule has 0 radical (unpaired) electrons.